The third kappa shape index (κ3) is 3.80. The Morgan fingerprint density at radius 1 is 1.15 bits per heavy atom. The van der Waals surface area contributed by atoms with Crippen LogP contribution in [0.25, 0.3) is 0 Å². The van der Waals surface area contributed by atoms with Gasteiger partial charge in [-0.3, -0.25) is 9.59 Å². The number of aldehydes is 1. The van der Waals surface area contributed by atoms with E-state index in [9.17, 15) is 14.4 Å². The molecule has 1 unspecified atom stereocenters. The van der Waals surface area contributed by atoms with Crippen LogP contribution in [0.3, 0.4) is 0 Å². The Hall–Kier alpha value is -2.21. The topological polar surface area (TPSA) is 69.7 Å². The first-order valence-electron chi connectivity index (χ1n) is 8.68. The molecule has 1 atom stereocenters. The van der Waals surface area contributed by atoms with Gasteiger partial charge in [-0.1, -0.05) is 59.9 Å². The highest BCUT2D eigenvalue weighted by Gasteiger charge is 2.55. The normalized spacial score (nSPS) is 20.6. The van der Waals surface area contributed by atoms with Crippen LogP contribution in [-0.2, 0) is 23.9 Å². The van der Waals surface area contributed by atoms with Gasteiger partial charge in [0.25, 0.3) is 0 Å². The van der Waals surface area contributed by atoms with Crippen LogP contribution in [0.1, 0.15) is 19.3 Å². The van der Waals surface area contributed by atoms with E-state index < -0.39 is 25.4 Å². The smallest absolute Gasteiger partial charge is 0.323 e. The van der Waals surface area contributed by atoms with Gasteiger partial charge in [0.2, 0.25) is 0 Å². The SMILES string of the molecule is COC(=O)C1(C(=O)OC)C/C(=C/[Si](C)(C)c2ccccc2)C(CC=O)C1. The minimum absolute atomic E-state index is 0.152. The van der Waals surface area contributed by atoms with E-state index in [1.165, 1.54) is 19.4 Å². The van der Waals surface area contributed by atoms with Crippen molar-refractivity contribution in [1.82, 2.24) is 0 Å². The predicted octanol–water partition coefficient (Wildman–Crippen LogP) is 2.40. The van der Waals surface area contributed by atoms with Crippen LogP contribution in [0.15, 0.2) is 41.6 Å². The number of hydrogen-bond acceptors (Lipinski definition) is 5. The summed E-state index contributed by atoms with van der Waals surface area (Å²) in [5, 5.41) is 1.26. The molecule has 6 heteroatoms. The van der Waals surface area contributed by atoms with Gasteiger partial charge in [-0.15, -0.1) is 0 Å². The summed E-state index contributed by atoms with van der Waals surface area (Å²) in [6.07, 6.45) is 1.62. The first-order valence-corrected chi connectivity index (χ1v) is 11.8. The summed E-state index contributed by atoms with van der Waals surface area (Å²) in [5.41, 5.74) is 1.84. The van der Waals surface area contributed by atoms with Crippen LogP contribution in [-0.4, -0.2) is 40.5 Å². The first-order chi connectivity index (χ1) is 12.3. The zero-order valence-electron chi connectivity index (χ0n) is 15.8. The monoisotopic (exact) mass is 374 g/mol. The molecular weight excluding hydrogens is 348 g/mol. The number of hydrogen-bond donors (Lipinski definition) is 0. The average molecular weight is 375 g/mol. The molecule has 140 valence electrons. The Kier molecular flexibility index (Phi) is 6.18. The van der Waals surface area contributed by atoms with E-state index in [4.69, 9.17) is 9.47 Å². The highest BCUT2D eigenvalue weighted by molar-refractivity contribution is 6.94. The number of esters is 2. The molecule has 1 aliphatic rings. The van der Waals surface area contributed by atoms with Crippen molar-refractivity contribution in [3.05, 3.63) is 41.6 Å². The van der Waals surface area contributed by atoms with E-state index in [-0.39, 0.29) is 25.2 Å². The summed E-state index contributed by atoms with van der Waals surface area (Å²) < 4.78 is 9.81. The van der Waals surface area contributed by atoms with E-state index in [2.05, 4.69) is 30.9 Å². The highest BCUT2D eigenvalue weighted by Crippen LogP contribution is 2.48. The van der Waals surface area contributed by atoms with Gasteiger partial charge in [-0.25, -0.2) is 0 Å². The molecule has 26 heavy (non-hydrogen) atoms. The minimum Gasteiger partial charge on any atom is -0.468 e. The summed E-state index contributed by atoms with van der Waals surface area (Å²) in [6.45, 7) is 4.42. The number of carbonyl (C=O) groups excluding carboxylic acids is 3. The molecule has 2 rings (SSSR count). The van der Waals surface area contributed by atoms with Gasteiger partial charge in [0.05, 0.1) is 14.2 Å². The molecular formula is C20H26O5Si. The van der Waals surface area contributed by atoms with E-state index in [0.29, 0.717) is 0 Å². The van der Waals surface area contributed by atoms with Crippen LogP contribution in [0.2, 0.25) is 13.1 Å². The van der Waals surface area contributed by atoms with Crippen LogP contribution < -0.4 is 5.19 Å². The molecule has 1 aromatic rings. The van der Waals surface area contributed by atoms with E-state index in [0.717, 1.165) is 11.9 Å². The molecule has 0 spiro atoms. The lowest BCUT2D eigenvalue weighted by atomic mass is 9.85. The summed E-state index contributed by atoms with van der Waals surface area (Å²) in [7, 11) is 0.590. The van der Waals surface area contributed by atoms with E-state index in [1.54, 1.807) is 0 Å². The van der Waals surface area contributed by atoms with Crippen molar-refractivity contribution in [3.63, 3.8) is 0 Å². The zero-order valence-corrected chi connectivity index (χ0v) is 16.8. The fourth-order valence-corrected chi connectivity index (χ4v) is 6.32. The lowest BCUT2D eigenvalue weighted by Gasteiger charge is -2.23. The first kappa shape index (κ1) is 20.1. The lowest BCUT2D eigenvalue weighted by Crippen LogP contribution is -2.40. The van der Waals surface area contributed by atoms with Crippen LogP contribution in [0.4, 0.5) is 0 Å². The van der Waals surface area contributed by atoms with Crippen molar-refractivity contribution in [2.24, 2.45) is 11.3 Å². The van der Waals surface area contributed by atoms with Gasteiger partial charge >= 0.3 is 11.9 Å². The Labute approximate surface area is 155 Å². The van der Waals surface area contributed by atoms with Crippen molar-refractivity contribution in [1.29, 1.82) is 0 Å². The van der Waals surface area contributed by atoms with Gasteiger partial charge in [0, 0.05) is 6.42 Å². The molecule has 0 aromatic heterocycles. The fourth-order valence-electron chi connectivity index (χ4n) is 3.84. The molecule has 0 radical (unpaired) electrons. The third-order valence-corrected chi connectivity index (χ3v) is 8.14. The van der Waals surface area contributed by atoms with E-state index >= 15 is 0 Å². The molecule has 0 bridgehead atoms. The fraction of sp³-hybridized carbons (Fsp3) is 0.450. The van der Waals surface area contributed by atoms with Crippen molar-refractivity contribution in [2.45, 2.75) is 32.4 Å². The van der Waals surface area contributed by atoms with Gasteiger partial charge in [0.1, 0.15) is 14.4 Å². The summed E-state index contributed by atoms with van der Waals surface area (Å²) in [4.78, 5) is 36.1. The van der Waals surface area contributed by atoms with Crippen molar-refractivity contribution in [3.8, 4) is 0 Å². The number of benzene rings is 1. The molecule has 5 nitrogen and oxygen atoms in total. The van der Waals surface area contributed by atoms with Crippen molar-refractivity contribution >= 4 is 31.5 Å². The maximum absolute atomic E-state index is 12.4. The second kappa shape index (κ2) is 7.99. The summed E-state index contributed by atoms with van der Waals surface area (Å²) in [5.74, 6) is -1.34. The van der Waals surface area contributed by atoms with Crippen molar-refractivity contribution < 1.29 is 23.9 Å². The summed E-state index contributed by atoms with van der Waals surface area (Å²) in [6, 6.07) is 10.2. The molecule has 1 aliphatic carbocycles. The lowest BCUT2D eigenvalue weighted by molar-refractivity contribution is -0.168. The standard InChI is InChI=1S/C20H26O5Si/c1-24-18(22)20(19(23)25-2)12-15(10-11-21)16(13-20)14-26(3,4)17-8-6-5-7-9-17/h5-9,11,14-15H,10,12-13H2,1-4H3/b16-14-. The largest absolute Gasteiger partial charge is 0.468 e. The zero-order chi connectivity index (χ0) is 19.4. The number of rotatable bonds is 6. The molecule has 0 amide bonds. The number of methoxy groups -OCH3 is 2. The minimum atomic E-state index is -1.95. The van der Waals surface area contributed by atoms with Gasteiger partial charge in [0.15, 0.2) is 5.41 Å². The average Bonchev–Trinajstić information content (AvgIpc) is 3.00. The molecule has 0 aliphatic heterocycles. The molecule has 1 fully saturated rings. The predicted molar refractivity (Wildman–Crippen MR) is 102 cm³/mol. The number of ether oxygens (including phenoxy) is 2. The maximum Gasteiger partial charge on any atom is 0.323 e. The Morgan fingerprint density at radius 2 is 1.73 bits per heavy atom. The number of allylic oxidation sites excluding steroid dienone is 1. The second-order valence-corrected chi connectivity index (χ2v) is 11.7. The Bertz CT molecular complexity index is 692. The Balaban J connectivity index is 2.47. The van der Waals surface area contributed by atoms with Crippen LogP contribution in [0, 0.1) is 11.3 Å². The Morgan fingerprint density at radius 3 is 2.23 bits per heavy atom. The molecule has 0 heterocycles. The molecule has 1 aromatic carbocycles. The highest BCUT2D eigenvalue weighted by atomic mass is 28.3. The van der Waals surface area contributed by atoms with Crippen LogP contribution in [0.5, 0.6) is 0 Å². The second-order valence-electron chi connectivity index (χ2n) is 7.35. The summed E-state index contributed by atoms with van der Waals surface area (Å²) >= 11 is 0. The molecule has 1 saturated carbocycles. The van der Waals surface area contributed by atoms with Gasteiger partial charge < -0.3 is 14.3 Å². The third-order valence-electron chi connectivity index (χ3n) is 5.22. The van der Waals surface area contributed by atoms with E-state index in [1.807, 2.05) is 18.2 Å². The maximum atomic E-state index is 12.4. The molecule has 0 N–H and O–H groups in total. The quantitative estimate of drug-likeness (QED) is 0.331. The van der Waals surface area contributed by atoms with Crippen molar-refractivity contribution in [2.75, 3.05) is 14.2 Å². The van der Waals surface area contributed by atoms with Gasteiger partial charge in [-0.05, 0) is 18.8 Å². The molecule has 0 saturated heterocycles. The van der Waals surface area contributed by atoms with Crippen LogP contribution >= 0.6 is 0 Å². The number of carbonyl (C=O) groups is 3. The van der Waals surface area contributed by atoms with Gasteiger partial charge in [-0.2, -0.15) is 0 Å².